The van der Waals surface area contributed by atoms with E-state index < -0.39 is 0 Å². The van der Waals surface area contributed by atoms with Gasteiger partial charge in [0.25, 0.3) is 0 Å². The molecule has 2 atom stereocenters. The zero-order valence-corrected chi connectivity index (χ0v) is 14.2. The van der Waals surface area contributed by atoms with Crippen molar-refractivity contribution in [1.82, 2.24) is 5.32 Å². The summed E-state index contributed by atoms with van der Waals surface area (Å²) in [7, 11) is 0. The van der Waals surface area contributed by atoms with Crippen LogP contribution in [0, 0.1) is 5.92 Å². The Morgan fingerprint density at radius 2 is 2.19 bits per heavy atom. The van der Waals surface area contributed by atoms with E-state index in [1.54, 1.807) is 11.8 Å². The van der Waals surface area contributed by atoms with Gasteiger partial charge in [-0.3, -0.25) is 4.79 Å². The molecule has 0 spiro atoms. The van der Waals surface area contributed by atoms with Gasteiger partial charge in [0, 0.05) is 29.0 Å². The molecule has 0 saturated heterocycles. The van der Waals surface area contributed by atoms with E-state index in [0.717, 1.165) is 22.9 Å². The Morgan fingerprint density at radius 1 is 1.38 bits per heavy atom. The monoisotopic (exact) mass is 325 g/mol. The lowest BCUT2D eigenvalue weighted by molar-refractivity contribution is -0.121. The first-order valence-electron chi connectivity index (χ1n) is 7.76. The van der Waals surface area contributed by atoms with E-state index in [9.17, 15) is 4.79 Å². The fourth-order valence-electron chi connectivity index (χ4n) is 2.79. The van der Waals surface area contributed by atoms with E-state index in [4.69, 9.17) is 11.6 Å². The van der Waals surface area contributed by atoms with E-state index in [-0.39, 0.29) is 5.91 Å². The van der Waals surface area contributed by atoms with Crippen molar-refractivity contribution in [3.63, 3.8) is 0 Å². The fraction of sp³-hybridized carbons (Fsp3) is 0.588. The second kappa shape index (κ2) is 8.70. The summed E-state index contributed by atoms with van der Waals surface area (Å²) in [5.41, 5.74) is 1.22. The molecular formula is C17H24ClNOS. The first-order valence-corrected chi connectivity index (χ1v) is 9.30. The lowest BCUT2D eigenvalue weighted by Crippen LogP contribution is -2.41. The average Bonchev–Trinajstić information content (AvgIpc) is 2.46. The summed E-state index contributed by atoms with van der Waals surface area (Å²) in [5, 5.41) is 3.98. The molecule has 1 aromatic carbocycles. The highest BCUT2D eigenvalue weighted by molar-refractivity contribution is 7.98. The molecule has 1 fully saturated rings. The summed E-state index contributed by atoms with van der Waals surface area (Å²) < 4.78 is 0. The lowest BCUT2D eigenvalue weighted by atomic mass is 9.86. The summed E-state index contributed by atoms with van der Waals surface area (Å²) in [4.78, 5) is 12.0. The molecule has 0 unspecified atom stereocenters. The summed E-state index contributed by atoms with van der Waals surface area (Å²) in [6.45, 7) is 2.25. The Morgan fingerprint density at radius 3 is 2.95 bits per heavy atom. The van der Waals surface area contributed by atoms with Crippen LogP contribution in [0.15, 0.2) is 24.3 Å². The van der Waals surface area contributed by atoms with Gasteiger partial charge in [0.1, 0.15) is 0 Å². The standard InChI is InChI=1S/C17H24ClNOS/c1-13-5-2-3-8-16(13)19-17(20)9-10-21-12-14-6-4-7-15(18)11-14/h4,6-7,11,13,16H,2-3,5,8-10,12H2,1H3,(H,19,20)/t13-,16+/m0/s1. The molecule has 116 valence electrons. The van der Waals surface area contributed by atoms with Gasteiger partial charge in [0.15, 0.2) is 0 Å². The van der Waals surface area contributed by atoms with Crippen molar-refractivity contribution in [2.45, 2.75) is 50.8 Å². The number of hydrogen-bond donors (Lipinski definition) is 1. The minimum Gasteiger partial charge on any atom is -0.353 e. The van der Waals surface area contributed by atoms with Gasteiger partial charge in [0.2, 0.25) is 5.91 Å². The Balaban J connectivity index is 1.63. The Bertz CT molecular complexity index is 466. The molecule has 1 saturated carbocycles. The van der Waals surface area contributed by atoms with Crippen LogP contribution in [-0.2, 0) is 10.5 Å². The topological polar surface area (TPSA) is 29.1 Å². The van der Waals surface area contributed by atoms with Crippen LogP contribution in [0.3, 0.4) is 0 Å². The maximum absolute atomic E-state index is 12.0. The van der Waals surface area contributed by atoms with Crippen molar-refractivity contribution < 1.29 is 4.79 Å². The molecule has 0 radical (unpaired) electrons. The van der Waals surface area contributed by atoms with Crippen molar-refractivity contribution >= 4 is 29.3 Å². The van der Waals surface area contributed by atoms with Crippen LogP contribution in [0.25, 0.3) is 0 Å². The lowest BCUT2D eigenvalue weighted by Gasteiger charge is -2.29. The molecule has 1 aliphatic carbocycles. The first-order chi connectivity index (χ1) is 10.1. The highest BCUT2D eigenvalue weighted by Gasteiger charge is 2.22. The third-order valence-corrected chi connectivity index (χ3v) is 5.35. The van der Waals surface area contributed by atoms with Gasteiger partial charge in [-0.2, -0.15) is 11.8 Å². The maximum atomic E-state index is 12.0. The molecule has 2 nitrogen and oxygen atoms in total. The molecule has 0 bridgehead atoms. The largest absolute Gasteiger partial charge is 0.353 e. The highest BCUT2D eigenvalue weighted by atomic mass is 35.5. The average molecular weight is 326 g/mol. The normalized spacial score (nSPS) is 22.0. The van der Waals surface area contributed by atoms with Crippen molar-refractivity contribution in [3.8, 4) is 0 Å². The van der Waals surface area contributed by atoms with E-state index in [0.29, 0.717) is 18.4 Å². The molecule has 1 N–H and O–H groups in total. The number of nitrogens with one attached hydrogen (secondary N) is 1. The summed E-state index contributed by atoms with van der Waals surface area (Å²) >= 11 is 7.74. The van der Waals surface area contributed by atoms with E-state index >= 15 is 0 Å². The molecule has 1 aromatic rings. The maximum Gasteiger partial charge on any atom is 0.221 e. The van der Waals surface area contributed by atoms with E-state index in [1.807, 2.05) is 18.2 Å². The van der Waals surface area contributed by atoms with Gasteiger partial charge < -0.3 is 5.32 Å². The number of halogens is 1. The van der Waals surface area contributed by atoms with Gasteiger partial charge in [-0.25, -0.2) is 0 Å². The summed E-state index contributed by atoms with van der Waals surface area (Å²) in [5.74, 6) is 2.60. The zero-order chi connectivity index (χ0) is 15.1. The predicted octanol–water partition coefficient (Wildman–Crippen LogP) is 4.66. The third-order valence-electron chi connectivity index (χ3n) is 4.09. The SMILES string of the molecule is C[C@H]1CCCC[C@H]1NC(=O)CCSCc1cccc(Cl)c1. The number of amides is 1. The van der Waals surface area contributed by atoms with Crippen molar-refractivity contribution in [3.05, 3.63) is 34.9 Å². The van der Waals surface area contributed by atoms with Crippen LogP contribution in [0.2, 0.25) is 5.02 Å². The second-order valence-corrected chi connectivity index (χ2v) is 7.41. The first kappa shape index (κ1) is 16.7. The molecule has 21 heavy (non-hydrogen) atoms. The molecule has 4 heteroatoms. The molecule has 2 rings (SSSR count). The van der Waals surface area contributed by atoms with Crippen LogP contribution < -0.4 is 5.32 Å². The molecule has 0 aromatic heterocycles. The number of carbonyl (C=O) groups excluding carboxylic acids is 1. The summed E-state index contributed by atoms with van der Waals surface area (Å²) in [6.07, 6.45) is 5.55. The van der Waals surface area contributed by atoms with Crippen LogP contribution in [0.5, 0.6) is 0 Å². The Hall–Kier alpha value is -0.670. The molecule has 1 amide bonds. The third kappa shape index (κ3) is 5.91. The number of hydrogen-bond acceptors (Lipinski definition) is 2. The van der Waals surface area contributed by atoms with Gasteiger partial charge in [-0.1, -0.05) is 43.5 Å². The number of thioether (sulfide) groups is 1. The van der Waals surface area contributed by atoms with Crippen LogP contribution in [0.4, 0.5) is 0 Å². The predicted molar refractivity (Wildman–Crippen MR) is 91.8 cm³/mol. The van der Waals surface area contributed by atoms with Gasteiger partial charge >= 0.3 is 0 Å². The Labute approximate surface area is 137 Å². The van der Waals surface area contributed by atoms with Crippen molar-refractivity contribution in [1.29, 1.82) is 0 Å². The summed E-state index contributed by atoms with van der Waals surface area (Å²) in [6, 6.07) is 8.30. The highest BCUT2D eigenvalue weighted by Crippen LogP contribution is 2.24. The number of benzene rings is 1. The van der Waals surface area contributed by atoms with Crippen LogP contribution in [-0.4, -0.2) is 17.7 Å². The van der Waals surface area contributed by atoms with Gasteiger partial charge in [-0.15, -0.1) is 0 Å². The number of rotatable bonds is 6. The minimum atomic E-state index is 0.201. The minimum absolute atomic E-state index is 0.201. The second-order valence-electron chi connectivity index (χ2n) is 5.87. The smallest absolute Gasteiger partial charge is 0.221 e. The van der Waals surface area contributed by atoms with Crippen LogP contribution >= 0.6 is 23.4 Å². The van der Waals surface area contributed by atoms with Crippen molar-refractivity contribution in [2.24, 2.45) is 5.92 Å². The molecule has 0 heterocycles. The van der Waals surface area contributed by atoms with Gasteiger partial charge in [0.05, 0.1) is 0 Å². The quantitative estimate of drug-likeness (QED) is 0.771. The fourth-order valence-corrected chi connectivity index (χ4v) is 3.89. The van der Waals surface area contributed by atoms with Gasteiger partial charge in [-0.05, 0) is 36.5 Å². The van der Waals surface area contributed by atoms with E-state index in [2.05, 4.69) is 18.3 Å². The Kier molecular flexibility index (Phi) is 6.91. The van der Waals surface area contributed by atoms with Crippen LogP contribution in [0.1, 0.15) is 44.6 Å². The number of carbonyl (C=O) groups is 1. The molecule has 0 aliphatic heterocycles. The van der Waals surface area contributed by atoms with E-state index in [1.165, 1.54) is 24.8 Å². The zero-order valence-electron chi connectivity index (χ0n) is 12.6. The molecule has 1 aliphatic rings. The van der Waals surface area contributed by atoms with Crippen molar-refractivity contribution in [2.75, 3.05) is 5.75 Å². The molecular weight excluding hydrogens is 302 g/mol.